The Hall–Kier alpha value is -0.540. The standard InChI is InChI=1S/C16H16BrCl2N/c1-20-10-11(12-5-2-3-6-14(12)17)9-13-15(18)7-4-8-16(13)19/h2-8,11,20H,9-10H2,1H3. The van der Waals surface area contributed by atoms with Crippen LogP contribution in [0.3, 0.4) is 0 Å². The highest BCUT2D eigenvalue weighted by Gasteiger charge is 2.17. The molecule has 2 rings (SSSR count). The molecule has 0 aliphatic rings. The van der Waals surface area contributed by atoms with Crippen LogP contribution in [0.2, 0.25) is 10.0 Å². The maximum Gasteiger partial charge on any atom is 0.0453 e. The van der Waals surface area contributed by atoms with Crippen molar-refractivity contribution < 1.29 is 0 Å². The van der Waals surface area contributed by atoms with Gasteiger partial charge in [0.25, 0.3) is 0 Å². The lowest BCUT2D eigenvalue weighted by Crippen LogP contribution is -2.19. The molecular formula is C16H16BrCl2N. The summed E-state index contributed by atoms with van der Waals surface area (Å²) in [6.45, 7) is 0.865. The van der Waals surface area contributed by atoms with Crippen molar-refractivity contribution in [3.63, 3.8) is 0 Å². The molecule has 0 spiro atoms. The van der Waals surface area contributed by atoms with Crippen molar-refractivity contribution in [2.75, 3.05) is 13.6 Å². The van der Waals surface area contributed by atoms with E-state index in [2.05, 4.69) is 39.4 Å². The van der Waals surface area contributed by atoms with E-state index in [9.17, 15) is 0 Å². The first-order valence-corrected chi connectivity index (χ1v) is 8.00. The van der Waals surface area contributed by atoms with Crippen molar-refractivity contribution in [2.45, 2.75) is 12.3 Å². The van der Waals surface area contributed by atoms with Gasteiger partial charge in [0.05, 0.1) is 0 Å². The van der Waals surface area contributed by atoms with E-state index in [1.807, 2.05) is 31.3 Å². The smallest absolute Gasteiger partial charge is 0.0453 e. The molecule has 0 aromatic heterocycles. The second kappa shape index (κ2) is 7.46. The molecule has 0 aliphatic carbocycles. The third-order valence-electron chi connectivity index (χ3n) is 3.31. The molecule has 1 atom stereocenters. The van der Waals surface area contributed by atoms with Gasteiger partial charge >= 0.3 is 0 Å². The lowest BCUT2D eigenvalue weighted by molar-refractivity contribution is 0.624. The minimum Gasteiger partial charge on any atom is -0.319 e. The highest BCUT2D eigenvalue weighted by Crippen LogP contribution is 2.32. The molecular weight excluding hydrogens is 357 g/mol. The van der Waals surface area contributed by atoms with Gasteiger partial charge in [0, 0.05) is 27.0 Å². The molecule has 0 heterocycles. The molecule has 106 valence electrons. The summed E-state index contributed by atoms with van der Waals surface area (Å²) in [7, 11) is 1.96. The Morgan fingerprint density at radius 1 is 1.05 bits per heavy atom. The van der Waals surface area contributed by atoms with Crippen molar-refractivity contribution in [1.82, 2.24) is 5.32 Å². The van der Waals surface area contributed by atoms with Crippen LogP contribution in [-0.2, 0) is 6.42 Å². The van der Waals surface area contributed by atoms with Crippen LogP contribution in [-0.4, -0.2) is 13.6 Å². The summed E-state index contributed by atoms with van der Waals surface area (Å²) < 4.78 is 1.11. The van der Waals surface area contributed by atoms with Crippen molar-refractivity contribution in [1.29, 1.82) is 0 Å². The van der Waals surface area contributed by atoms with E-state index in [0.29, 0.717) is 5.92 Å². The van der Waals surface area contributed by atoms with Gasteiger partial charge in [-0.1, -0.05) is 63.4 Å². The van der Waals surface area contributed by atoms with Crippen LogP contribution in [0.1, 0.15) is 17.0 Å². The number of nitrogens with one attached hydrogen (secondary N) is 1. The SMILES string of the molecule is CNCC(Cc1c(Cl)cccc1Cl)c1ccccc1Br. The first kappa shape index (κ1) is 15.8. The Kier molecular flexibility index (Phi) is 5.91. The van der Waals surface area contributed by atoms with Crippen LogP contribution >= 0.6 is 39.1 Å². The van der Waals surface area contributed by atoms with E-state index in [1.165, 1.54) is 5.56 Å². The predicted molar refractivity (Wildman–Crippen MR) is 91.0 cm³/mol. The van der Waals surface area contributed by atoms with Crippen LogP contribution in [0.25, 0.3) is 0 Å². The van der Waals surface area contributed by atoms with Crippen molar-refractivity contribution in [2.24, 2.45) is 0 Å². The zero-order chi connectivity index (χ0) is 14.5. The molecule has 2 aromatic carbocycles. The van der Waals surface area contributed by atoms with Crippen molar-refractivity contribution in [3.8, 4) is 0 Å². The molecule has 0 bridgehead atoms. The fourth-order valence-corrected chi connectivity index (χ4v) is 3.48. The summed E-state index contributed by atoms with van der Waals surface area (Å²) in [6.07, 6.45) is 0.808. The fraction of sp³-hybridized carbons (Fsp3) is 0.250. The highest BCUT2D eigenvalue weighted by atomic mass is 79.9. The van der Waals surface area contributed by atoms with Gasteiger partial charge in [-0.05, 0) is 42.8 Å². The molecule has 20 heavy (non-hydrogen) atoms. The molecule has 0 saturated carbocycles. The van der Waals surface area contributed by atoms with Gasteiger partial charge in [-0.15, -0.1) is 0 Å². The van der Waals surface area contributed by atoms with Gasteiger partial charge in [-0.2, -0.15) is 0 Å². The number of rotatable bonds is 5. The van der Waals surface area contributed by atoms with E-state index < -0.39 is 0 Å². The van der Waals surface area contributed by atoms with Gasteiger partial charge < -0.3 is 5.32 Å². The Bertz CT molecular complexity index is 566. The molecule has 0 amide bonds. The second-order valence-electron chi connectivity index (χ2n) is 4.68. The van der Waals surface area contributed by atoms with Crippen molar-refractivity contribution in [3.05, 3.63) is 68.1 Å². The molecule has 1 nitrogen and oxygen atoms in total. The lowest BCUT2D eigenvalue weighted by atomic mass is 9.92. The maximum atomic E-state index is 6.28. The first-order valence-electron chi connectivity index (χ1n) is 6.45. The van der Waals surface area contributed by atoms with E-state index in [4.69, 9.17) is 23.2 Å². The first-order chi connectivity index (χ1) is 9.63. The number of hydrogen-bond acceptors (Lipinski definition) is 1. The van der Waals surface area contributed by atoms with Crippen LogP contribution in [0.4, 0.5) is 0 Å². The zero-order valence-electron chi connectivity index (χ0n) is 11.2. The molecule has 0 radical (unpaired) electrons. The maximum absolute atomic E-state index is 6.28. The van der Waals surface area contributed by atoms with Gasteiger partial charge in [0.1, 0.15) is 0 Å². The summed E-state index contributed by atoms with van der Waals surface area (Å²) in [5, 5.41) is 4.70. The van der Waals surface area contributed by atoms with E-state index >= 15 is 0 Å². The molecule has 2 aromatic rings. The Morgan fingerprint density at radius 3 is 2.30 bits per heavy atom. The zero-order valence-corrected chi connectivity index (χ0v) is 14.3. The number of halogens is 3. The molecule has 0 aliphatic heterocycles. The topological polar surface area (TPSA) is 12.0 Å². The minimum absolute atomic E-state index is 0.313. The third-order valence-corrected chi connectivity index (χ3v) is 4.74. The fourth-order valence-electron chi connectivity index (χ4n) is 2.32. The largest absolute Gasteiger partial charge is 0.319 e. The lowest BCUT2D eigenvalue weighted by Gasteiger charge is -2.20. The summed E-state index contributed by atoms with van der Waals surface area (Å²) in [5.74, 6) is 0.313. The van der Waals surface area contributed by atoms with E-state index in [-0.39, 0.29) is 0 Å². The molecule has 0 saturated heterocycles. The summed E-state index contributed by atoms with van der Waals surface area (Å²) in [5.41, 5.74) is 2.27. The van der Waals surface area contributed by atoms with Crippen LogP contribution < -0.4 is 5.32 Å². The molecule has 1 N–H and O–H groups in total. The molecule has 0 fully saturated rings. The highest BCUT2D eigenvalue weighted by molar-refractivity contribution is 9.10. The summed E-state index contributed by atoms with van der Waals surface area (Å²) in [4.78, 5) is 0. The number of hydrogen-bond donors (Lipinski definition) is 1. The Morgan fingerprint density at radius 2 is 1.70 bits per heavy atom. The molecule has 1 unspecified atom stereocenters. The second-order valence-corrected chi connectivity index (χ2v) is 6.35. The van der Waals surface area contributed by atoms with Gasteiger partial charge in [0.2, 0.25) is 0 Å². The van der Waals surface area contributed by atoms with Gasteiger partial charge in [-0.25, -0.2) is 0 Å². The number of likely N-dealkylation sites (N-methyl/N-ethyl adjacent to an activating group) is 1. The van der Waals surface area contributed by atoms with E-state index in [0.717, 1.165) is 33.0 Å². The minimum atomic E-state index is 0.313. The third kappa shape index (κ3) is 3.76. The van der Waals surface area contributed by atoms with Crippen molar-refractivity contribution >= 4 is 39.1 Å². The molecule has 4 heteroatoms. The van der Waals surface area contributed by atoms with Gasteiger partial charge in [0.15, 0.2) is 0 Å². The summed E-state index contributed by atoms with van der Waals surface area (Å²) >= 11 is 16.2. The quantitative estimate of drug-likeness (QED) is 0.750. The van der Waals surface area contributed by atoms with Gasteiger partial charge in [-0.3, -0.25) is 0 Å². The predicted octanol–water partition coefficient (Wildman–Crippen LogP) is 5.30. The van der Waals surface area contributed by atoms with Crippen LogP contribution in [0, 0.1) is 0 Å². The van der Waals surface area contributed by atoms with Crippen LogP contribution in [0.5, 0.6) is 0 Å². The summed E-state index contributed by atoms with van der Waals surface area (Å²) in [6, 6.07) is 13.9. The average molecular weight is 373 g/mol. The normalized spacial score (nSPS) is 12.4. The Labute approximate surface area is 138 Å². The van der Waals surface area contributed by atoms with E-state index in [1.54, 1.807) is 0 Å². The average Bonchev–Trinajstić information content (AvgIpc) is 2.43. The van der Waals surface area contributed by atoms with Crippen LogP contribution in [0.15, 0.2) is 46.9 Å². The Balaban J connectivity index is 2.33. The monoisotopic (exact) mass is 371 g/mol. The number of benzene rings is 2.